The van der Waals surface area contributed by atoms with Gasteiger partial charge in [0.2, 0.25) is 0 Å². The number of hydrogen-bond acceptors (Lipinski definition) is 3. The van der Waals surface area contributed by atoms with Gasteiger partial charge in [-0.1, -0.05) is 0 Å². The van der Waals surface area contributed by atoms with Crippen LogP contribution in [0.2, 0.25) is 0 Å². The minimum atomic E-state index is -4.15. The molecule has 1 atom stereocenters. The number of rotatable bonds is 7. The second kappa shape index (κ2) is 6.30. The van der Waals surface area contributed by atoms with E-state index in [1.165, 1.54) is 7.11 Å². The van der Waals surface area contributed by atoms with E-state index in [-0.39, 0.29) is 13.1 Å². The molecule has 0 aliphatic heterocycles. The second-order valence-corrected chi connectivity index (χ2v) is 3.78. The number of hydrogen-bond donors (Lipinski definition) is 2. The van der Waals surface area contributed by atoms with Gasteiger partial charge in [0.1, 0.15) is 0 Å². The average molecular weight is 229 g/mol. The van der Waals surface area contributed by atoms with Crippen molar-refractivity contribution in [3.8, 4) is 0 Å². The van der Waals surface area contributed by atoms with Crippen molar-refractivity contribution in [1.82, 2.24) is 5.32 Å². The Hall–Kier alpha value is -0.330. The highest BCUT2D eigenvalue weighted by Crippen LogP contribution is 2.18. The molecule has 0 aromatic heterocycles. The minimum absolute atomic E-state index is 0.131. The highest BCUT2D eigenvalue weighted by Gasteiger charge is 2.27. The molecule has 3 nitrogen and oxygen atoms in total. The molecule has 0 radical (unpaired) electrons. The Kier molecular flexibility index (Phi) is 6.16. The van der Waals surface area contributed by atoms with Crippen molar-refractivity contribution in [3.05, 3.63) is 0 Å². The number of halogens is 3. The Labute approximate surface area is 87.6 Å². The monoisotopic (exact) mass is 229 g/mol. The lowest BCUT2D eigenvalue weighted by atomic mass is 10.0. The number of ether oxygens (including phenoxy) is 1. The van der Waals surface area contributed by atoms with E-state index in [1.54, 1.807) is 6.92 Å². The molecular weight excluding hydrogens is 211 g/mol. The fraction of sp³-hybridized carbons (Fsp3) is 1.00. The van der Waals surface area contributed by atoms with Gasteiger partial charge in [-0.2, -0.15) is 13.2 Å². The van der Waals surface area contributed by atoms with Crippen LogP contribution in [0.15, 0.2) is 0 Å². The smallest absolute Gasteiger partial charge is 0.389 e. The van der Waals surface area contributed by atoms with E-state index in [2.05, 4.69) is 5.32 Å². The summed E-state index contributed by atoms with van der Waals surface area (Å²) >= 11 is 0. The molecule has 15 heavy (non-hydrogen) atoms. The molecule has 0 heterocycles. The molecule has 0 saturated carbocycles. The molecule has 0 amide bonds. The van der Waals surface area contributed by atoms with Crippen LogP contribution >= 0.6 is 0 Å². The van der Waals surface area contributed by atoms with Gasteiger partial charge in [0.25, 0.3) is 0 Å². The fourth-order valence-corrected chi connectivity index (χ4v) is 0.998. The van der Waals surface area contributed by atoms with E-state index >= 15 is 0 Å². The maximum atomic E-state index is 11.8. The highest BCUT2D eigenvalue weighted by atomic mass is 19.4. The van der Waals surface area contributed by atoms with Gasteiger partial charge in [0.05, 0.1) is 12.0 Å². The third-order valence-corrected chi connectivity index (χ3v) is 1.94. The zero-order valence-corrected chi connectivity index (χ0v) is 9.02. The van der Waals surface area contributed by atoms with Crippen LogP contribution in [0.3, 0.4) is 0 Å². The number of aliphatic hydroxyl groups is 1. The summed E-state index contributed by atoms with van der Waals surface area (Å²) in [7, 11) is 1.51. The van der Waals surface area contributed by atoms with Crippen molar-refractivity contribution in [2.45, 2.75) is 31.5 Å². The molecule has 0 spiro atoms. The van der Waals surface area contributed by atoms with E-state index in [4.69, 9.17) is 4.74 Å². The van der Waals surface area contributed by atoms with Gasteiger partial charge < -0.3 is 15.2 Å². The molecule has 0 aliphatic carbocycles. The Morgan fingerprint density at radius 1 is 1.27 bits per heavy atom. The van der Waals surface area contributed by atoms with E-state index in [0.29, 0.717) is 13.0 Å². The first-order chi connectivity index (χ1) is 6.77. The first-order valence-electron chi connectivity index (χ1n) is 4.76. The summed E-state index contributed by atoms with van der Waals surface area (Å²) in [5, 5.41) is 12.2. The lowest BCUT2D eigenvalue weighted by molar-refractivity contribution is -0.133. The van der Waals surface area contributed by atoms with Crippen molar-refractivity contribution in [3.63, 3.8) is 0 Å². The summed E-state index contributed by atoms with van der Waals surface area (Å²) in [5.41, 5.74) is -1.03. The predicted molar refractivity (Wildman–Crippen MR) is 50.7 cm³/mol. The Bertz CT molecular complexity index is 171. The second-order valence-electron chi connectivity index (χ2n) is 3.78. The van der Waals surface area contributed by atoms with E-state index in [9.17, 15) is 18.3 Å². The molecule has 0 aromatic rings. The van der Waals surface area contributed by atoms with Gasteiger partial charge in [-0.25, -0.2) is 0 Å². The standard InChI is InChI=1S/C9H18F3NO2/c1-8(14,4-6-15-2)7-13-5-3-9(10,11)12/h13-14H,3-7H2,1-2H3. The lowest BCUT2D eigenvalue weighted by Crippen LogP contribution is -2.39. The molecule has 6 heteroatoms. The third kappa shape index (κ3) is 9.96. The van der Waals surface area contributed by atoms with Gasteiger partial charge >= 0.3 is 6.18 Å². The number of nitrogens with one attached hydrogen (secondary N) is 1. The molecule has 0 bridgehead atoms. The topological polar surface area (TPSA) is 41.5 Å². The van der Waals surface area contributed by atoms with Crippen LogP contribution in [0.1, 0.15) is 19.8 Å². The highest BCUT2D eigenvalue weighted by molar-refractivity contribution is 4.75. The maximum absolute atomic E-state index is 11.8. The first kappa shape index (κ1) is 14.7. The maximum Gasteiger partial charge on any atom is 0.390 e. The van der Waals surface area contributed by atoms with Gasteiger partial charge in [-0.3, -0.25) is 0 Å². The molecule has 0 rings (SSSR count). The van der Waals surface area contributed by atoms with E-state index in [1.807, 2.05) is 0 Å². The predicted octanol–water partition coefficient (Wildman–Crippen LogP) is 1.32. The molecule has 1 unspecified atom stereocenters. The summed E-state index contributed by atoms with van der Waals surface area (Å²) in [4.78, 5) is 0. The van der Waals surface area contributed by atoms with Crippen molar-refractivity contribution in [2.24, 2.45) is 0 Å². The van der Waals surface area contributed by atoms with Crippen molar-refractivity contribution >= 4 is 0 Å². The van der Waals surface area contributed by atoms with Crippen LogP contribution in [0.4, 0.5) is 13.2 Å². The Balaban J connectivity index is 3.57. The molecule has 0 fully saturated rings. The minimum Gasteiger partial charge on any atom is -0.389 e. The number of methoxy groups -OCH3 is 1. The Morgan fingerprint density at radius 3 is 2.33 bits per heavy atom. The SMILES string of the molecule is COCCC(C)(O)CNCCC(F)(F)F. The summed E-state index contributed by atoms with van der Waals surface area (Å²) < 4.78 is 40.0. The average Bonchev–Trinajstić information content (AvgIpc) is 2.08. The summed E-state index contributed by atoms with van der Waals surface area (Å²) in [6.45, 7) is 1.90. The Morgan fingerprint density at radius 2 is 1.87 bits per heavy atom. The lowest BCUT2D eigenvalue weighted by Gasteiger charge is -2.23. The van der Waals surface area contributed by atoms with Crippen LogP contribution < -0.4 is 5.32 Å². The first-order valence-corrected chi connectivity index (χ1v) is 4.76. The summed E-state index contributed by atoms with van der Waals surface area (Å²) in [6.07, 6.45) is -4.64. The molecular formula is C9H18F3NO2. The van der Waals surface area contributed by atoms with E-state index < -0.39 is 18.2 Å². The summed E-state index contributed by atoms with van der Waals surface area (Å²) in [5.74, 6) is 0. The van der Waals surface area contributed by atoms with Gasteiger partial charge in [0.15, 0.2) is 0 Å². The molecule has 0 aliphatic rings. The molecule has 0 saturated heterocycles. The third-order valence-electron chi connectivity index (χ3n) is 1.94. The molecule has 0 aromatic carbocycles. The van der Waals surface area contributed by atoms with E-state index in [0.717, 1.165) is 0 Å². The normalized spacial score (nSPS) is 16.4. The van der Waals surface area contributed by atoms with Gasteiger partial charge in [0, 0.05) is 33.2 Å². The quantitative estimate of drug-likeness (QED) is 0.647. The zero-order chi connectivity index (χ0) is 11.9. The number of alkyl halides is 3. The van der Waals surface area contributed by atoms with Crippen LogP contribution in [-0.2, 0) is 4.74 Å². The van der Waals surface area contributed by atoms with Crippen LogP contribution in [0.5, 0.6) is 0 Å². The van der Waals surface area contributed by atoms with Crippen LogP contribution in [-0.4, -0.2) is 43.7 Å². The summed E-state index contributed by atoms with van der Waals surface area (Å²) in [6, 6.07) is 0. The fourth-order valence-electron chi connectivity index (χ4n) is 0.998. The van der Waals surface area contributed by atoms with Crippen LogP contribution in [0, 0.1) is 0 Å². The van der Waals surface area contributed by atoms with Crippen molar-refractivity contribution in [2.75, 3.05) is 26.8 Å². The van der Waals surface area contributed by atoms with Gasteiger partial charge in [-0.05, 0) is 6.92 Å². The van der Waals surface area contributed by atoms with Crippen LogP contribution in [0.25, 0.3) is 0 Å². The molecule has 92 valence electrons. The van der Waals surface area contributed by atoms with Crippen molar-refractivity contribution in [1.29, 1.82) is 0 Å². The zero-order valence-electron chi connectivity index (χ0n) is 9.02. The molecule has 2 N–H and O–H groups in total. The van der Waals surface area contributed by atoms with Gasteiger partial charge in [-0.15, -0.1) is 0 Å². The van der Waals surface area contributed by atoms with Crippen molar-refractivity contribution < 1.29 is 23.0 Å². The largest absolute Gasteiger partial charge is 0.390 e.